The van der Waals surface area contributed by atoms with E-state index in [2.05, 4.69) is 21.5 Å². The predicted octanol–water partition coefficient (Wildman–Crippen LogP) is 2.45. The SMILES string of the molecule is Nc1cccc(NS(=O)(=O)c2ccc(C#Cc3cccc(N)n3)cc2)c1. The zero-order valence-electron chi connectivity index (χ0n) is 13.7. The van der Waals surface area contributed by atoms with Crippen LogP contribution in [0.1, 0.15) is 11.3 Å². The monoisotopic (exact) mass is 364 g/mol. The lowest BCUT2D eigenvalue weighted by molar-refractivity contribution is 0.601. The maximum Gasteiger partial charge on any atom is 0.261 e. The van der Waals surface area contributed by atoms with Gasteiger partial charge < -0.3 is 11.5 Å². The van der Waals surface area contributed by atoms with Crippen LogP contribution in [-0.4, -0.2) is 13.4 Å². The van der Waals surface area contributed by atoms with Crippen LogP contribution in [0.15, 0.2) is 71.6 Å². The predicted molar refractivity (Wildman–Crippen MR) is 103 cm³/mol. The van der Waals surface area contributed by atoms with Crippen LogP contribution in [-0.2, 0) is 10.0 Å². The molecule has 1 heterocycles. The Morgan fingerprint density at radius 3 is 2.31 bits per heavy atom. The minimum absolute atomic E-state index is 0.132. The first-order valence-electron chi connectivity index (χ1n) is 7.65. The van der Waals surface area contributed by atoms with E-state index in [1.165, 1.54) is 12.1 Å². The second-order valence-electron chi connectivity index (χ2n) is 5.45. The molecule has 3 aromatic rings. The van der Waals surface area contributed by atoms with Crippen molar-refractivity contribution < 1.29 is 8.42 Å². The number of nitrogens with one attached hydrogen (secondary N) is 1. The number of anilines is 3. The number of nitrogens with two attached hydrogens (primary N) is 2. The van der Waals surface area contributed by atoms with E-state index in [0.29, 0.717) is 28.5 Å². The molecule has 26 heavy (non-hydrogen) atoms. The topological polar surface area (TPSA) is 111 Å². The van der Waals surface area contributed by atoms with Crippen molar-refractivity contribution in [3.63, 3.8) is 0 Å². The van der Waals surface area contributed by atoms with E-state index < -0.39 is 10.0 Å². The van der Waals surface area contributed by atoms with Crippen LogP contribution in [0.2, 0.25) is 0 Å². The quantitative estimate of drug-likeness (QED) is 0.488. The van der Waals surface area contributed by atoms with E-state index in [0.717, 1.165) is 0 Å². The first-order chi connectivity index (χ1) is 12.4. The van der Waals surface area contributed by atoms with Crippen molar-refractivity contribution in [3.8, 4) is 11.8 Å². The van der Waals surface area contributed by atoms with Gasteiger partial charge >= 0.3 is 0 Å². The van der Waals surface area contributed by atoms with Gasteiger partial charge in [-0.3, -0.25) is 4.72 Å². The number of hydrogen-bond acceptors (Lipinski definition) is 5. The maximum atomic E-state index is 12.4. The molecule has 0 fully saturated rings. The zero-order valence-corrected chi connectivity index (χ0v) is 14.5. The van der Waals surface area contributed by atoms with Gasteiger partial charge in [-0.05, 0) is 60.5 Å². The number of nitrogens with zero attached hydrogens (tertiary/aromatic N) is 1. The van der Waals surface area contributed by atoms with Crippen molar-refractivity contribution in [1.82, 2.24) is 4.98 Å². The van der Waals surface area contributed by atoms with Crippen molar-refractivity contribution in [2.75, 3.05) is 16.2 Å². The summed E-state index contributed by atoms with van der Waals surface area (Å²) in [5.74, 6) is 6.20. The molecule has 0 bridgehead atoms. The normalized spacial score (nSPS) is 10.6. The minimum atomic E-state index is -3.70. The van der Waals surface area contributed by atoms with Crippen molar-refractivity contribution in [3.05, 3.63) is 78.0 Å². The fourth-order valence-electron chi connectivity index (χ4n) is 2.19. The molecule has 0 aliphatic rings. The molecule has 2 aromatic carbocycles. The summed E-state index contributed by atoms with van der Waals surface area (Å²) < 4.78 is 27.3. The van der Waals surface area contributed by atoms with E-state index in [9.17, 15) is 8.42 Å². The van der Waals surface area contributed by atoms with Gasteiger partial charge in [0.2, 0.25) is 0 Å². The molecule has 130 valence electrons. The summed E-state index contributed by atoms with van der Waals surface area (Å²) in [5.41, 5.74) is 13.4. The molecule has 0 spiro atoms. The van der Waals surface area contributed by atoms with E-state index in [-0.39, 0.29) is 4.90 Å². The summed E-state index contributed by atoms with van der Waals surface area (Å²) in [5, 5.41) is 0. The highest BCUT2D eigenvalue weighted by Gasteiger charge is 2.13. The molecule has 0 saturated carbocycles. The number of pyridine rings is 1. The van der Waals surface area contributed by atoms with Gasteiger partial charge in [0, 0.05) is 11.3 Å². The average Bonchev–Trinajstić information content (AvgIpc) is 2.60. The summed E-state index contributed by atoms with van der Waals surface area (Å²) in [6.07, 6.45) is 0. The standard InChI is InChI=1S/C19H16N4O2S/c20-15-3-1-5-17(13-15)23-26(24,25)18-11-8-14(9-12-18)7-10-16-4-2-6-19(21)22-16/h1-6,8-9,11-13,23H,20H2,(H2,21,22). The van der Waals surface area contributed by atoms with Gasteiger partial charge in [-0.15, -0.1) is 0 Å². The molecule has 1 aromatic heterocycles. The molecule has 0 aliphatic heterocycles. The van der Waals surface area contributed by atoms with E-state index in [1.54, 1.807) is 54.6 Å². The Morgan fingerprint density at radius 1 is 0.885 bits per heavy atom. The van der Waals surface area contributed by atoms with Crippen molar-refractivity contribution in [2.24, 2.45) is 0 Å². The first-order valence-corrected chi connectivity index (χ1v) is 9.14. The van der Waals surface area contributed by atoms with E-state index >= 15 is 0 Å². The Bertz CT molecular complexity index is 1100. The van der Waals surface area contributed by atoms with Gasteiger partial charge in [0.15, 0.2) is 0 Å². The van der Waals surface area contributed by atoms with Gasteiger partial charge in [0.05, 0.1) is 10.6 Å². The van der Waals surface area contributed by atoms with Crippen LogP contribution in [0.5, 0.6) is 0 Å². The van der Waals surface area contributed by atoms with Gasteiger partial charge in [-0.2, -0.15) is 0 Å². The third-order valence-electron chi connectivity index (χ3n) is 3.41. The molecule has 5 N–H and O–H groups in total. The van der Waals surface area contributed by atoms with Gasteiger partial charge in [0.25, 0.3) is 10.0 Å². The lowest BCUT2D eigenvalue weighted by Gasteiger charge is -2.08. The highest BCUT2D eigenvalue weighted by molar-refractivity contribution is 7.92. The fourth-order valence-corrected chi connectivity index (χ4v) is 3.24. The Kier molecular flexibility index (Phi) is 4.78. The van der Waals surface area contributed by atoms with Crippen molar-refractivity contribution >= 4 is 27.2 Å². The van der Waals surface area contributed by atoms with Crippen LogP contribution >= 0.6 is 0 Å². The fraction of sp³-hybridized carbons (Fsp3) is 0. The Hall–Kier alpha value is -3.50. The smallest absolute Gasteiger partial charge is 0.261 e. The molecule has 0 amide bonds. The third kappa shape index (κ3) is 4.32. The lowest BCUT2D eigenvalue weighted by Crippen LogP contribution is -2.13. The molecule has 0 saturated heterocycles. The van der Waals surface area contributed by atoms with Crippen LogP contribution in [0.3, 0.4) is 0 Å². The summed E-state index contributed by atoms with van der Waals surface area (Å²) in [4.78, 5) is 4.22. The molecule has 0 aliphatic carbocycles. The number of nitrogen functional groups attached to an aromatic ring is 2. The summed E-state index contributed by atoms with van der Waals surface area (Å²) in [7, 11) is -3.70. The van der Waals surface area contributed by atoms with Crippen molar-refractivity contribution in [2.45, 2.75) is 4.90 Å². The van der Waals surface area contributed by atoms with Crippen LogP contribution in [0.4, 0.5) is 17.2 Å². The number of aromatic nitrogens is 1. The summed E-state index contributed by atoms with van der Waals surface area (Å²) >= 11 is 0. The van der Waals surface area contributed by atoms with Crippen LogP contribution in [0.25, 0.3) is 0 Å². The Labute approximate surface area is 151 Å². The molecule has 0 radical (unpaired) electrons. The molecule has 7 heteroatoms. The third-order valence-corrected chi connectivity index (χ3v) is 4.81. The molecule has 0 unspecified atom stereocenters. The van der Waals surface area contributed by atoms with Gasteiger partial charge in [0.1, 0.15) is 11.5 Å². The van der Waals surface area contributed by atoms with E-state index in [1.807, 2.05) is 0 Å². The molecular formula is C19H16N4O2S. The average molecular weight is 364 g/mol. The van der Waals surface area contributed by atoms with E-state index in [4.69, 9.17) is 11.5 Å². The zero-order chi connectivity index (χ0) is 18.6. The number of sulfonamides is 1. The largest absolute Gasteiger partial charge is 0.399 e. The minimum Gasteiger partial charge on any atom is -0.399 e. The maximum absolute atomic E-state index is 12.4. The molecule has 3 rings (SSSR count). The number of hydrogen-bond donors (Lipinski definition) is 3. The number of benzene rings is 2. The molecule has 0 atom stereocenters. The van der Waals surface area contributed by atoms with Crippen LogP contribution < -0.4 is 16.2 Å². The summed E-state index contributed by atoms with van der Waals surface area (Å²) in [6.45, 7) is 0. The highest BCUT2D eigenvalue weighted by atomic mass is 32.2. The van der Waals surface area contributed by atoms with Crippen LogP contribution in [0, 0.1) is 11.8 Å². The molecule has 6 nitrogen and oxygen atoms in total. The molecular weight excluding hydrogens is 348 g/mol. The Morgan fingerprint density at radius 2 is 1.62 bits per heavy atom. The highest BCUT2D eigenvalue weighted by Crippen LogP contribution is 2.18. The lowest BCUT2D eigenvalue weighted by atomic mass is 10.2. The second-order valence-corrected chi connectivity index (χ2v) is 7.14. The second kappa shape index (κ2) is 7.17. The van der Waals surface area contributed by atoms with Crippen molar-refractivity contribution in [1.29, 1.82) is 0 Å². The number of rotatable bonds is 3. The summed E-state index contributed by atoms with van der Waals surface area (Å²) in [6, 6.07) is 18.0. The van der Waals surface area contributed by atoms with Gasteiger partial charge in [-0.1, -0.05) is 18.1 Å². The Balaban J connectivity index is 1.79. The van der Waals surface area contributed by atoms with Gasteiger partial charge in [-0.25, -0.2) is 13.4 Å². The first kappa shape index (κ1) is 17.3.